The maximum absolute atomic E-state index is 11.7. The molecule has 1 aliphatic carbocycles. The summed E-state index contributed by atoms with van der Waals surface area (Å²) < 4.78 is 4.94. The van der Waals surface area contributed by atoms with E-state index in [-0.39, 0.29) is 23.8 Å². The van der Waals surface area contributed by atoms with E-state index in [0.29, 0.717) is 13.2 Å². The molecule has 0 aliphatic heterocycles. The lowest BCUT2D eigenvalue weighted by Gasteiger charge is -2.17. The van der Waals surface area contributed by atoms with E-state index in [1.165, 1.54) is 0 Å². The van der Waals surface area contributed by atoms with Crippen LogP contribution < -0.4 is 5.32 Å². The van der Waals surface area contributed by atoms with Gasteiger partial charge in [-0.25, -0.2) is 0 Å². The van der Waals surface area contributed by atoms with E-state index in [0.717, 1.165) is 25.7 Å². The quantitative estimate of drug-likeness (QED) is 0.712. The monoisotopic (exact) mass is 229 g/mol. The van der Waals surface area contributed by atoms with Crippen LogP contribution in [0.4, 0.5) is 0 Å². The minimum atomic E-state index is -0.227. The molecule has 1 aliphatic rings. The van der Waals surface area contributed by atoms with Gasteiger partial charge in [-0.05, 0) is 19.3 Å². The first-order valence-corrected chi connectivity index (χ1v) is 6.10. The second-order valence-corrected chi connectivity index (χ2v) is 4.69. The molecular weight excluding hydrogens is 206 g/mol. The van der Waals surface area contributed by atoms with Crippen LogP contribution in [0, 0.1) is 11.8 Å². The van der Waals surface area contributed by atoms with Crippen LogP contribution in [-0.2, 0) is 9.53 Å². The van der Waals surface area contributed by atoms with Crippen LogP contribution in [0.2, 0.25) is 0 Å². The second-order valence-electron chi connectivity index (χ2n) is 4.69. The number of aliphatic hydroxyl groups is 1. The predicted octanol–water partition coefficient (Wildman–Crippen LogP) is 0.936. The first kappa shape index (κ1) is 13.5. The van der Waals surface area contributed by atoms with Gasteiger partial charge in [0.05, 0.1) is 6.10 Å². The molecule has 3 unspecified atom stereocenters. The van der Waals surface area contributed by atoms with Gasteiger partial charge in [0.1, 0.15) is 0 Å². The molecule has 1 amide bonds. The molecule has 0 aromatic rings. The normalized spacial score (nSPS) is 26.7. The molecular formula is C12H23NO3. The zero-order valence-corrected chi connectivity index (χ0v) is 10.2. The Hall–Kier alpha value is -0.610. The van der Waals surface area contributed by atoms with Crippen molar-refractivity contribution in [1.82, 2.24) is 5.32 Å². The number of rotatable bonds is 6. The molecule has 0 radical (unpaired) electrons. The first-order chi connectivity index (χ1) is 7.65. The van der Waals surface area contributed by atoms with Crippen molar-refractivity contribution in [3.8, 4) is 0 Å². The summed E-state index contributed by atoms with van der Waals surface area (Å²) in [6.07, 6.45) is 3.49. The molecule has 2 N–H and O–H groups in total. The summed E-state index contributed by atoms with van der Waals surface area (Å²) in [6.45, 7) is 3.12. The van der Waals surface area contributed by atoms with Crippen molar-refractivity contribution in [2.75, 3.05) is 20.3 Å². The number of carbonyl (C=O) groups is 1. The van der Waals surface area contributed by atoms with Crippen molar-refractivity contribution >= 4 is 5.91 Å². The third kappa shape index (κ3) is 4.10. The number of ether oxygens (including phenoxy) is 1. The number of hydrogen-bond acceptors (Lipinski definition) is 3. The van der Waals surface area contributed by atoms with Gasteiger partial charge < -0.3 is 15.2 Å². The van der Waals surface area contributed by atoms with Crippen molar-refractivity contribution in [2.45, 2.75) is 38.7 Å². The Morgan fingerprint density at radius 2 is 2.31 bits per heavy atom. The zero-order valence-electron chi connectivity index (χ0n) is 10.2. The summed E-state index contributed by atoms with van der Waals surface area (Å²) in [5.74, 6) is 0.299. The SMILES string of the molecule is COCCC(C)C(=O)NCC1CCCC1O. The molecule has 0 bridgehead atoms. The Morgan fingerprint density at radius 1 is 1.56 bits per heavy atom. The Morgan fingerprint density at radius 3 is 2.88 bits per heavy atom. The molecule has 4 heteroatoms. The molecule has 1 rings (SSSR count). The van der Waals surface area contributed by atoms with E-state index >= 15 is 0 Å². The van der Waals surface area contributed by atoms with Gasteiger partial charge in [0.25, 0.3) is 0 Å². The highest BCUT2D eigenvalue weighted by Gasteiger charge is 2.25. The van der Waals surface area contributed by atoms with Gasteiger partial charge in [0.15, 0.2) is 0 Å². The highest BCUT2D eigenvalue weighted by atomic mass is 16.5. The van der Waals surface area contributed by atoms with Gasteiger partial charge in [-0.3, -0.25) is 4.79 Å². The summed E-state index contributed by atoms with van der Waals surface area (Å²) >= 11 is 0. The minimum absolute atomic E-state index is 0.0153. The Balaban J connectivity index is 2.18. The lowest BCUT2D eigenvalue weighted by molar-refractivity contribution is -0.125. The van der Waals surface area contributed by atoms with Gasteiger partial charge in [-0.15, -0.1) is 0 Å². The number of carbonyl (C=O) groups excluding carboxylic acids is 1. The van der Waals surface area contributed by atoms with Crippen LogP contribution in [0.3, 0.4) is 0 Å². The molecule has 16 heavy (non-hydrogen) atoms. The second kappa shape index (κ2) is 6.86. The van der Waals surface area contributed by atoms with Gasteiger partial charge >= 0.3 is 0 Å². The molecule has 1 saturated carbocycles. The Labute approximate surface area is 97.4 Å². The van der Waals surface area contributed by atoms with Crippen LogP contribution in [-0.4, -0.2) is 37.4 Å². The summed E-state index contributed by atoms with van der Waals surface area (Å²) in [6, 6.07) is 0. The smallest absolute Gasteiger partial charge is 0.222 e. The van der Waals surface area contributed by atoms with Crippen LogP contribution in [0.25, 0.3) is 0 Å². The Kier molecular flexibility index (Phi) is 5.77. The van der Waals surface area contributed by atoms with E-state index in [1.807, 2.05) is 6.92 Å². The average Bonchev–Trinajstić information content (AvgIpc) is 2.68. The van der Waals surface area contributed by atoms with Crippen molar-refractivity contribution in [3.05, 3.63) is 0 Å². The van der Waals surface area contributed by atoms with Crippen molar-refractivity contribution in [3.63, 3.8) is 0 Å². The van der Waals surface area contributed by atoms with E-state index in [1.54, 1.807) is 7.11 Å². The molecule has 4 nitrogen and oxygen atoms in total. The van der Waals surface area contributed by atoms with Crippen molar-refractivity contribution < 1.29 is 14.6 Å². The summed E-state index contributed by atoms with van der Waals surface area (Å²) in [5.41, 5.74) is 0. The number of amides is 1. The van der Waals surface area contributed by atoms with E-state index in [9.17, 15) is 9.90 Å². The highest BCUT2D eigenvalue weighted by Crippen LogP contribution is 2.24. The average molecular weight is 229 g/mol. The number of methoxy groups -OCH3 is 1. The molecule has 0 spiro atoms. The third-order valence-corrected chi connectivity index (χ3v) is 3.36. The third-order valence-electron chi connectivity index (χ3n) is 3.36. The summed E-state index contributed by atoms with van der Waals surface area (Å²) in [5, 5.41) is 12.5. The van der Waals surface area contributed by atoms with Gasteiger partial charge in [0, 0.05) is 32.1 Å². The predicted molar refractivity (Wildman–Crippen MR) is 62.0 cm³/mol. The van der Waals surface area contributed by atoms with Crippen LogP contribution in [0.5, 0.6) is 0 Å². The maximum atomic E-state index is 11.7. The van der Waals surface area contributed by atoms with E-state index in [2.05, 4.69) is 5.32 Å². The fourth-order valence-corrected chi connectivity index (χ4v) is 2.09. The lowest BCUT2D eigenvalue weighted by atomic mass is 10.0. The number of nitrogens with one attached hydrogen (secondary N) is 1. The van der Waals surface area contributed by atoms with Crippen molar-refractivity contribution in [2.24, 2.45) is 11.8 Å². The molecule has 3 atom stereocenters. The topological polar surface area (TPSA) is 58.6 Å². The fourth-order valence-electron chi connectivity index (χ4n) is 2.09. The molecule has 94 valence electrons. The lowest BCUT2D eigenvalue weighted by Crippen LogP contribution is -2.35. The minimum Gasteiger partial charge on any atom is -0.393 e. The van der Waals surface area contributed by atoms with Gasteiger partial charge in [0.2, 0.25) is 5.91 Å². The summed E-state index contributed by atoms with van der Waals surface area (Å²) in [7, 11) is 1.64. The number of aliphatic hydroxyl groups excluding tert-OH is 1. The van der Waals surface area contributed by atoms with Gasteiger partial charge in [-0.2, -0.15) is 0 Å². The molecule has 0 saturated heterocycles. The van der Waals surface area contributed by atoms with E-state index < -0.39 is 0 Å². The summed E-state index contributed by atoms with van der Waals surface area (Å²) in [4.78, 5) is 11.7. The van der Waals surface area contributed by atoms with Crippen LogP contribution in [0.15, 0.2) is 0 Å². The Bertz CT molecular complexity index is 220. The van der Waals surface area contributed by atoms with Gasteiger partial charge in [-0.1, -0.05) is 13.3 Å². The molecule has 0 aromatic carbocycles. The molecule has 1 fully saturated rings. The van der Waals surface area contributed by atoms with Crippen LogP contribution >= 0.6 is 0 Å². The molecule has 0 aromatic heterocycles. The standard InChI is InChI=1S/C12H23NO3/c1-9(6-7-16-2)12(15)13-8-10-4-3-5-11(10)14/h9-11,14H,3-8H2,1-2H3,(H,13,15). The largest absolute Gasteiger partial charge is 0.393 e. The first-order valence-electron chi connectivity index (χ1n) is 6.10. The highest BCUT2D eigenvalue weighted by molar-refractivity contribution is 5.78. The fraction of sp³-hybridized carbons (Fsp3) is 0.917. The van der Waals surface area contributed by atoms with Crippen molar-refractivity contribution in [1.29, 1.82) is 0 Å². The maximum Gasteiger partial charge on any atom is 0.222 e. The number of hydrogen-bond donors (Lipinski definition) is 2. The van der Waals surface area contributed by atoms with Crippen LogP contribution in [0.1, 0.15) is 32.6 Å². The van der Waals surface area contributed by atoms with E-state index in [4.69, 9.17) is 4.74 Å². The molecule has 0 heterocycles. The zero-order chi connectivity index (χ0) is 12.0.